The van der Waals surface area contributed by atoms with E-state index in [0.29, 0.717) is 38.4 Å². The molecule has 0 spiro atoms. The Hall–Kier alpha value is -2.50. The van der Waals surface area contributed by atoms with E-state index in [1.807, 2.05) is 7.05 Å². The van der Waals surface area contributed by atoms with Crippen molar-refractivity contribution in [2.24, 2.45) is 11.8 Å². The van der Waals surface area contributed by atoms with Gasteiger partial charge in [0.1, 0.15) is 0 Å². The zero-order valence-electron chi connectivity index (χ0n) is 21.8. The summed E-state index contributed by atoms with van der Waals surface area (Å²) in [7, 11) is 3.12. The number of methoxy groups -OCH3 is 1. The third-order valence-electron chi connectivity index (χ3n) is 7.05. The number of nitrogens with one attached hydrogen (secondary N) is 3. The Balaban J connectivity index is 1.66. The molecule has 1 aromatic rings. The molecule has 3 atom stereocenters. The summed E-state index contributed by atoms with van der Waals surface area (Å²) in [5, 5.41) is 8.86. The molecule has 9 nitrogen and oxygen atoms in total. The monoisotopic (exact) mass is 526 g/mol. The molecule has 2 aliphatic rings. The van der Waals surface area contributed by atoms with E-state index in [2.05, 4.69) is 20.7 Å². The zero-order valence-corrected chi connectivity index (χ0v) is 21.8. The standard InChI is InChI=1S/C26H40F2N4O5/c1-29-16-20(15-18-8-12-36-13-9-18)31-25(33)32-11-4-5-19(17-32)24(37-14-10-30-26(34)35-2)21-6-3-7-22(27)23(21)28/h3,6-7,18-20,24,29H,4-5,8-17H2,1-2H3,(H,30,34)(H,31,33)/t19-,20+,24?/m1/s1. The number of likely N-dealkylation sites (N-methyl/N-ethyl adjacent to an activating group) is 1. The number of nitrogens with zero attached hydrogens (tertiary/aromatic N) is 1. The molecule has 0 saturated carbocycles. The van der Waals surface area contributed by atoms with Crippen LogP contribution >= 0.6 is 0 Å². The average Bonchev–Trinajstić information content (AvgIpc) is 2.91. The number of piperidine rings is 1. The molecule has 1 unspecified atom stereocenters. The van der Waals surface area contributed by atoms with Crippen LogP contribution in [-0.4, -0.2) is 83.2 Å². The van der Waals surface area contributed by atoms with Crippen LogP contribution in [0.4, 0.5) is 18.4 Å². The van der Waals surface area contributed by atoms with E-state index in [9.17, 15) is 18.4 Å². The quantitative estimate of drug-likeness (QED) is 0.383. The molecule has 0 aliphatic carbocycles. The van der Waals surface area contributed by atoms with Gasteiger partial charge in [0, 0.05) is 56.9 Å². The number of halogens is 2. The predicted molar refractivity (Wildman–Crippen MR) is 134 cm³/mol. The maximum absolute atomic E-state index is 14.8. The second kappa shape index (κ2) is 15.0. The second-order valence-corrected chi connectivity index (χ2v) is 9.70. The van der Waals surface area contributed by atoms with E-state index >= 15 is 0 Å². The normalized spacial score (nSPS) is 20.2. The number of carbonyl (C=O) groups is 2. The smallest absolute Gasteiger partial charge is 0.406 e. The van der Waals surface area contributed by atoms with Gasteiger partial charge in [0.25, 0.3) is 0 Å². The van der Waals surface area contributed by atoms with Crippen molar-refractivity contribution in [2.75, 3.05) is 60.2 Å². The Morgan fingerprint density at radius 3 is 2.73 bits per heavy atom. The van der Waals surface area contributed by atoms with E-state index in [-0.39, 0.29) is 36.7 Å². The summed E-state index contributed by atoms with van der Waals surface area (Å²) in [4.78, 5) is 26.3. The molecule has 2 aliphatic heterocycles. The summed E-state index contributed by atoms with van der Waals surface area (Å²) in [5.74, 6) is -1.64. The Labute approximate surface area is 217 Å². The number of amides is 3. The van der Waals surface area contributed by atoms with Crippen LogP contribution in [0, 0.1) is 23.5 Å². The van der Waals surface area contributed by atoms with Crippen molar-refractivity contribution in [3.05, 3.63) is 35.4 Å². The van der Waals surface area contributed by atoms with E-state index in [1.165, 1.54) is 19.2 Å². The largest absolute Gasteiger partial charge is 0.453 e. The predicted octanol–water partition coefficient (Wildman–Crippen LogP) is 3.20. The Bertz CT molecular complexity index is 871. The van der Waals surface area contributed by atoms with Crippen LogP contribution in [0.15, 0.2) is 18.2 Å². The van der Waals surface area contributed by atoms with Gasteiger partial charge >= 0.3 is 12.1 Å². The summed E-state index contributed by atoms with van der Waals surface area (Å²) >= 11 is 0. The first-order valence-corrected chi connectivity index (χ1v) is 13.1. The number of urea groups is 1. The third-order valence-corrected chi connectivity index (χ3v) is 7.05. The van der Waals surface area contributed by atoms with Gasteiger partial charge in [-0.3, -0.25) is 0 Å². The van der Waals surface area contributed by atoms with Crippen LogP contribution in [0.25, 0.3) is 0 Å². The van der Waals surface area contributed by atoms with Crippen LogP contribution < -0.4 is 16.0 Å². The third kappa shape index (κ3) is 8.79. The van der Waals surface area contributed by atoms with Crippen LogP contribution in [0.2, 0.25) is 0 Å². The molecular formula is C26H40F2N4O5. The van der Waals surface area contributed by atoms with Gasteiger partial charge in [-0.1, -0.05) is 12.1 Å². The average molecular weight is 527 g/mol. The number of benzene rings is 1. The summed E-state index contributed by atoms with van der Waals surface area (Å²) in [6, 6.07) is 3.84. The topological polar surface area (TPSA) is 101 Å². The van der Waals surface area contributed by atoms with Gasteiger partial charge in [0.05, 0.1) is 19.8 Å². The first kappa shape index (κ1) is 29.1. The minimum Gasteiger partial charge on any atom is -0.453 e. The Morgan fingerprint density at radius 1 is 1.22 bits per heavy atom. The minimum atomic E-state index is -0.958. The SMILES string of the molecule is CNC[C@H](CC1CCOCC1)NC(=O)N1CCC[C@@H](C(OCCNC(=O)OC)c2cccc(F)c2F)C1. The molecule has 0 aromatic heterocycles. The lowest BCUT2D eigenvalue weighted by molar-refractivity contribution is -0.0110. The Kier molecular flexibility index (Phi) is 11.8. The van der Waals surface area contributed by atoms with Crippen molar-refractivity contribution in [3.8, 4) is 0 Å². The number of hydrogen-bond acceptors (Lipinski definition) is 6. The first-order valence-electron chi connectivity index (χ1n) is 13.1. The molecule has 2 fully saturated rings. The van der Waals surface area contributed by atoms with E-state index in [0.717, 1.165) is 38.5 Å². The molecule has 11 heteroatoms. The molecular weight excluding hydrogens is 486 g/mol. The maximum Gasteiger partial charge on any atom is 0.406 e. The first-order chi connectivity index (χ1) is 17.9. The van der Waals surface area contributed by atoms with Crippen molar-refractivity contribution in [3.63, 3.8) is 0 Å². The van der Waals surface area contributed by atoms with E-state index < -0.39 is 23.8 Å². The van der Waals surface area contributed by atoms with E-state index in [4.69, 9.17) is 9.47 Å². The highest BCUT2D eigenvalue weighted by molar-refractivity contribution is 5.74. The van der Waals surface area contributed by atoms with Crippen molar-refractivity contribution >= 4 is 12.1 Å². The summed E-state index contributed by atoms with van der Waals surface area (Å²) in [6.45, 7) is 3.32. The van der Waals surface area contributed by atoms with Crippen LogP contribution in [-0.2, 0) is 14.2 Å². The number of likely N-dealkylation sites (tertiary alicyclic amines) is 1. The van der Waals surface area contributed by atoms with Gasteiger partial charge in [-0.15, -0.1) is 0 Å². The number of ether oxygens (including phenoxy) is 3. The minimum absolute atomic E-state index is 0.0157. The zero-order chi connectivity index (χ0) is 26.6. The van der Waals surface area contributed by atoms with Crippen LogP contribution in [0.5, 0.6) is 0 Å². The number of carbonyl (C=O) groups excluding carboxylic acids is 2. The molecule has 2 heterocycles. The fraction of sp³-hybridized carbons (Fsp3) is 0.692. The summed E-state index contributed by atoms with van der Waals surface area (Å²) < 4.78 is 44.8. The molecule has 2 saturated heterocycles. The Morgan fingerprint density at radius 2 is 2.00 bits per heavy atom. The molecule has 37 heavy (non-hydrogen) atoms. The summed E-state index contributed by atoms with van der Waals surface area (Å²) in [6.07, 6.45) is 2.88. The molecule has 1 aromatic carbocycles. The molecule has 0 radical (unpaired) electrons. The highest BCUT2D eigenvalue weighted by Crippen LogP contribution is 2.35. The lowest BCUT2D eigenvalue weighted by Gasteiger charge is -2.38. The van der Waals surface area contributed by atoms with Gasteiger partial charge in [-0.25, -0.2) is 18.4 Å². The fourth-order valence-corrected chi connectivity index (χ4v) is 5.16. The lowest BCUT2D eigenvalue weighted by atomic mass is 9.88. The van der Waals surface area contributed by atoms with Crippen molar-refractivity contribution in [1.82, 2.24) is 20.9 Å². The van der Waals surface area contributed by atoms with Gasteiger partial charge in [0.15, 0.2) is 11.6 Å². The number of rotatable bonds is 11. The van der Waals surface area contributed by atoms with Gasteiger partial charge in [0.2, 0.25) is 0 Å². The number of alkyl carbamates (subject to hydrolysis) is 1. The fourth-order valence-electron chi connectivity index (χ4n) is 5.16. The van der Waals surface area contributed by atoms with E-state index in [1.54, 1.807) is 4.90 Å². The molecule has 3 N–H and O–H groups in total. The van der Waals surface area contributed by atoms with Crippen molar-refractivity contribution < 1.29 is 32.6 Å². The number of hydrogen-bond donors (Lipinski definition) is 3. The van der Waals surface area contributed by atoms with Crippen molar-refractivity contribution in [2.45, 2.75) is 44.2 Å². The highest BCUT2D eigenvalue weighted by Gasteiger charge is 2.34. The van der Waals surface area contributed by atoms with Crippen LogP contribution in [0.1, 0.15) is 43.8 Å². The molecule has 0 bridgehead atoms. The van der Waals surface area contributed by atoms with Gasteiger partial charge < -0.3 is 35.1 Å². The van der Waals surface area contributed by atoms with Gasteiger partial charge in [-0.2, -0.15) is 0 Å². The lowest BCUT2D eigenvalue weighted by Crippen LogP contribution is -2.52. The van der Waals surface area contributed by atoms with Gasteiger partial charge in [-0.05, 0) is 51.1 Å². The highest BCUT2D eigenvalue weighted by atomic mass is 19.2. The van der Waals surface area contributed by atoms with Crippen molar-refractivity contribution in [1.29, 1.82) is 0 Å². The maximum atomic E-state index is 14.8. The molecule has 3 amide bonds. The molecule has 3 rings (SSSR count). The summed E-state index contributed by atoms with van der Waals surface area (Å²) in [5.41, 5.74) is 0.109. The second-order valence-electron chi connectivity index (χ2n) is 9.70. The van der Waals surface area contributed by atoms with Crippen LogP contribution in [0.3, 0.4) is 0 Å². The molecule has 208 valence electrons.